The fraction of sp³-hybridized carbons (Fsp3) is 0.273. The van der Waals surface area contributed by atoms with E-state index in [1.165, 1.54) is 48.5 Å². The van der Waals surface area contributed by atoms with E-state index in [1.54, 1.807) is 0 Å². The summed E-state index contributed by atoms with van der Waals surface area (Å²) in [6, 6.07) is 10.5. The summed E-state index contributed by atoms with van der Waals surface area (Å²) in [6.07, 6.45) is -2.65. The molecule has 0 saturated carbocycles. The maximum Gasteiger partial charge on any atom is 0.338 e. The van der Waals surface area contributed by atoms with E-state index >= 15 is 0 Å². The maximum atomic E-state index is 11.5. The number of ether oxygens (including phenoxy) is 2. The normalized spacial score (nSPS) is 10.3. The van der Waals surface area contributed by atoms with Crippen LogP contribution in [0.3, 0.4) is 0 Å². The fourth-order valence-electron chi connectivity index (χ4n) is 2.25. The molecule has 2 aromatic carbocycles. The third-order valence-electron chi connectivity index (χ3n) is 3.94. The summed E-state index contributed by atoms with van der Waals surface area (Å²) in [4.78, 5) is 43.8. The van der Waals surface area contributed by atoms with Crippen LogP contribution in [0.5, 0.6) is 0 Å². The molecular weight excluding hydrogens is 456 g/mol. The largest absolute Gasteiger partial charge is 0.478 e. The van der Waals surface area contributed by atoms with Gasteiger partial charge in [-0.25, -0.2) is 19.2 Å². The zero-order chi connectivity index (χ0) is 25.7. The van der Waals surface area contributed by atoms with E-state index in [-0.39, 0.29) is 35.3 Å². The van der Waals surface area contributed by atoms with E-state index in [1.807, 2.05) is 0 Å². The summed E-state index contributed by atoms with van der Waals surface area (Å²) in [5.74, 6) is -3.47. The lowest BCUT2D eigenvalue weighted by molar-refractivity contribution is -0.0812. The molecule has 0 aliphatic carbocycles. The number of hydrogen-bond acceptors (Lipinski definition) is 10. The Labute approximate surface area is 193 Å². The number of carboxylic acids is 2. The van der Waals surface area contributed by atoms with Crippen molar-refractivity contribution in [3.63, 3.8) is 0 Å². The lowest BCUT2D eigenvalue weighted by Gasteiger charge is -2.06. The quantitative estimate of drug-likeness (QED) is 0.156. The third kappa shape index (κ3) is 10.7. The number of carboxylic acid groups (broad SMARTS) is 2. The van der Waals surface area contributed by atoms with Gasteiger partial charge in [0.25, 0.3) is 0 Å². The van der Waals surface area contributed by atoms with E-state index in [4.69, 9.17) is 35.4 Å². The van der Waals surface area contributed by atoms with E-state index in [0.717, 1.165) is 0 Å². The molecule has 0 bridgehead atoms. The van der Waals surface area contributed by atoms with E-state index in [0.29, 0.717) is 6.42 Å². The second-order valence-electron chi connectivity index (χ2n) is 6.60. The molecule has 0 atom stereocenters. The molecule has 0 saturated heterocycles. The molecule has 12 nitrogen and oxygen atoms in total. The van der Waals surface area contributed by atoms with E-state index < -0.39 is 43.1 Å². The van der Waals surface area contributed by atoms with Crippen molar-refractivity contribution >= 4 is 23.9 Å². The van der Waals surface area contributed by atoms with Gasteiger partial charge in [-0.3, -0.25) is 0 Å². The molecule has 0 aromatic heterocycles. The highest BCUT2D eigenvalue weighted by atomic mass is 16.6. The van der Waals surface area contributed by atoms with Crippen LogP contribution >= 0.6 is 0 Å². The Kier molecular flexibility index (Phi) is 11.9. The number of rotatable bonds is 10. The van der Waals surface area contributed by atoms with Crippen molar-refractivity contribution in [3.8, 4) is 0 Å². The third-order valence-corrected chi connectivity index (χ3v) is 3.94. The Morgan fingerprint density at radius 2 is 1.00 bits per heavy atom. The Morgan fingerprint density at radius 1 is 0.618 bits per heavy atom. The Bertz CT molecular complexity index is 949. The minimum Gasteiger partial charge on any atom is -0.478 e. The molecule has 0 heterocycles. The number of esters is 2. The van der Waals surface area contributed by atoms with Crippen molar-refractivity contribution in [3.05, 3.63) is 70.8 Å². The SMILES string of the molecule is O=C(O)c1ccc(C(=O)OCC(O)O)cc1.O=C(O)c1ccc(C(=O)OCCCC(O)O)cc1. The second-order valence-corrected chi connectivity index (χ2v) is 6.60. The van der Waals surface area contributed by atoms with Crippen LogP contribution in [0.15, 0.2) is 48.5 Å². The van der Waals surface area contributed by atoms with Gasteiger partial charge in [0, 0.05) is 6.42 Å². The van der Waals surface area contributed by atoms with Crippen LogP contribution in [0.25, 0.3) is 0 Å². The van der Waals surface area contributed by atoms with Gasteiger partial charge in [-0.2, -0.15) is 0 Å². The summed E-state index contributed by atoms with van der Waals surface area (Å²) >= 11 is 0. The molecule has 2 aromatic rings. The smallest absolute Gasteiger partial charge is 0.338 e. The molecule has 34 heavy (non-hydrogen) atoms. The summed E-state index contributed by atoms with van der Waals surface area (Å²) in [7, 11) is 0. The van der Waals surface area contributed by atoms with Crippen LogP contribution in [0, 0.1) is 0 Å². The Morgan fingerprint density at radius 3 is 1.35 bits per heavy atom. The van der Waals surface area contributed by atoms with Gasteiger partial charge in [0.2, 0.25) is 0 Å². The maximum absolute atomic E-state index is 11.5. The number of hydrogen-bond donors (Lipinski definition) is 6. The van der Waals surface area contributed by atoms with Crippen molar-refractivity contribution in [2.24, 2.45) is 0 Å². The number of carbonyl (C=O) groups is 4. The van der Waals surface area contributed by atoms with Crippen molar-refractivity contribution < 1.29 is 59.3 Å². The summed E-state index contributed by atoms with van der Waals surface area (Å²) in [5, 5.41) is 51.4. The molecule has 12 heteroatoms. The van der Waals surface area contributed by atoms with Gasteiger partial charge in [-0.05, 0) is 55.0 Å². The van der Waals surface area contributed by atoms with Gasteiger partial charge in [-0.15, -0.1) is 0 Å². The average Bonchev–Trinajstić information content (AvgIpc) is 2.80. The van der Waals surface area contributed by atoms with Gasteiger partial charge in [0.1, 0.15) is 6.61 Å². The second kappa shape index (κ2) is 14.3. The molecule has 0 unspecified atom stereocenters. The van der Waals surface area contributed by atoms with Crippen molar-refractivity contribution in [2.75, 3.05) is 13.2 Å². The zero-order valence-corrected chi connectivity index (χ0v) is 17.7. The number of aromatic carboxylic acids is 2. The van der Waals surface area contributed by atoms with Crippen molar-refractivity contribution in [1.29, 1.82) is 0 Å². The number of aliphatic hydroxyl groups is 4. The predicted molar refractivity (Wildman–Crippen MR) is 113 cm³/mol. The molecule has 0 aliphatic heterocycles. The molecule has 6 N–H and O–H groups in total. The van der Waals surface area contributed by atoms with Gasteiger partial charge >= 0.3 is 23.9 Å². The first-order chi connectivity index (χ1) is 16.0. The van der Waals surface area contributed by atoms with Crippen molar-refractivity contribution in [2.45, 2.75) is 25.4 Å². The van der Waals surface area contributed by atoms with Crippen LogP contribution < -0.4 is 0 Å². The van der Waals surface area contributed by atoms with E-state index in [9.17, 15) is 19.2 Å². The number of benzene rings is 2. The van der Waals surface area contributed by atoms with Crippen LogP contribution in [-0.2, 0) is 9.47 Å². The van der Waals surface area contributed by atoms with Crippen LogP contribution in [0.4, 0.5) is 0 Å². The van der Waals surface area contributed by atoms with Crippen molar-refractivity contribution in [1.82, 2.24) is 0 Å². The standard InChI is InChI=1S/C12H14O6.C10H10O6/c13-10(14)2-1-7-18-12(17)9-5-3-8(4-6-9)11(15)16;11-8(12)5-16-10(15)7-3-1-6(2-4-7)9(13)14/h3-6,10,13-14H,1-2,7H2,(H,15,16);1-4,8,11-12H,5H2,(H,13,14). The zero-order valence-electron chi connectivity index (χ0n) is 17.7. The minimum atomic E-state index is -1.72. The molecule has 0 spiro atoms. The Balaban J connectivity index is 0.000000342. The van der Waals surface area contributed by atoms with Gasteiger partial charge < -0.3 is 40.1 Å². The number of carbonyl (C=O) groups excluding carboxylic acids is 2. The summed E-state index contributed by atoms with van der Waals surface area (Å²) in [6.45, 7) is -0.448. The summed E-state index contributed by atoms with van der Waals surface area (Å²) in [5.41, 5.74) is 0.545. The highest BCUT2D eigenvalue weighted by Gasteiger charge is 2.11. The fourth-order valence-corrected chi connectivity index (χ4v) is 2.25. The highest BCUT2D eigenvalue weighted by molar-refractivity contribution is 5.93. The van der Waals surface area contributed by atoms with Gasteiger partial charge in [-0.1, -0.05) is 0 Å². The summed E-state index contributed by atoms with van der Waals surface area (Å²) < 4.78 is 9.37. The molecule has 0 radical (unpaired) electrons. The lowest BCUT2D eigenvalue weighted by atomic mass is 10.1. The topological polar surface area (TPSA) is 208 Å². The molecule has 2 rings (SSSR count). The minimum absolute atomic E-state index is 0.0544. The average molecular weight is 480 g/mol. The molecule has 0 amide bonds. The van der Waals surface area contributed by atoms with Crippen LogP contribution in [0.1, 0.15) is 54.3 Å². The number of aliphatic hydroxyl groups excluding tert-OH is 2. The molecule has 184 valence electrons. The van der Waals surface area contributed by atoms with Gasteiger partial charge in [0.05, 0.1) is 28.9 Å². The molecule has 0 fully saturated rings. The molecule has 0 aliphatic rings. The predicted octanol–water partition coefficient (Wildman–Crippen LogP) is 0.485. The molecular formula is C22H24O12. The van der Waals surface area contributed by atoms with Crippen LogP contribution in [-0.4, -0.2) is 80.3 Å². The van der Waals surface area contributed by atoms with E-state index in [2.05, 4.69) is 4.74 Å². The first-order valence-electron chi connectivity index (χ1n) is 9.74. The highest BCUT2D eigenvalue weighted by Crippen LogP contribution is 2.07. The Hall–Kier alpha value is -3.84. The lowest BCUT2D eigenvalue weighted by Crippen LogP contribution is -2.17. The van der Waals surface area contributed by atoms with Crippen LogP contribution in [0.2, 0.25) is 0 Å². The first kappa shape index (κ1) is 28.2. The van der Waals surface area contributed by atoms with Gasteiger partial charge in [0.15, 0.2) is 12.6 Å². The first-order valence-corrected chi connectivity index (χ1v) is 9.74. The monoisotopic (exact) mass is 480 g/mol.